The van der Waals surface area contributed by atoms with Crippen molar-refractivity contribution in [1.82, 2.24) is 9.47 Å². The molecule has 0 spiro atoms. The third kappa shape index (κ3) is 2.21. The molecule has 1 aromatic carbocycles. The first-order valence-corrected chi connectivity index (χ1v) is 7.75. The van der Waals surface area contributed by atoms with Gasteiger partial charge in [0.15, 0.2) is 0 Å². The number of carbonyl (C=O) groups is 1. The van der Waals surface area contributed by atoms with Gasteiger partial charge < -0.3 is 15.4 Å². The van der Waals surface area contributed by atoms with Gasteiger partial charge in [0.1, 0.15) is 6.04 Å². The molecule has 2 aromatic rings. The second kappa shape index (κ2) is 5.41. The molecular weight excluding hydrogens is 278 g/mol. The molecule has 0 radical (unpaired) electrons. The molecule has 0 saturated heterocycles. The topological polar surface area (TPSA) is 71.5 Å². The third-order valence-electron chi connectivity index (χ3n) is 4.60. The van der Waals surface area contributed by atoms with Crippen LogP contribution < -0.4 is 5.73 Å². The molecule has 1 atom stereocenters. The minimum atomic E-state index is -0.976. The zero-order chi connectivity index (χ0) is 16.0. The maximum absolute atomic E-state index is 11.4. The highest BCUT2D eigenvalue weighted by Gasteiger charge is 2.26. The predicted molar refractivity (Wildman–Crippen MR) is 86.7 cm³/mol. The van der Waals surface area contributed by atoms with Crippen molar-refractivity contribution in [1.29, 1.82) is 0 Å². The Kier molecular flexibility index (Phi) is 3.70. The molecule has 0 bridgehead atoms. The second-order valence-electron chi connectivity index (χ2n) is 6.28. The van der Waals surface area contributed by atoms with E-state index in [9.17, 15) is 9.90 Å². The summed E-state index contributed by atoms with van der Waals surface area (Å²) in [6.07, 6.45) is 1.00. The molecule has 1 aliphatic rings. The molecule has 0 amide bonds. The van der Waals surface area contributed by atoms with Gasteiger partial charge in [-0.2, -0.15) is 0 Å². The molecule has 0 saturated carbocycles. The van der Waals surface area contributed by atoms with Crippen LogP contribution in [0.5, 0.6) is 0 Å². The van der Waals surface area contributed by atoms with Crippen LogP contribution in [0.4, 0.5) is 0 Å². The number of hydrogen-bond donors (Lipinski definition) is 2. The van der Waals surface area contributed by atoms with E-state index in [0.29, 0.717) is 0 Å². The molecule has 5 heteroatoms. The summed E-state index contributed by atoms with van der Waals surface area (Å²) in [4.78, 5) is 13.7. The molecule has 3 N–H and O–H groups in total. The zero-order valence-electron chi connectivity index (χ0n) is 13.4. The summed E-state index contributed by atoms with van der Waals surface area (Å²) in [7, 11) is 2.10. The quantitative estimate of drug-likeness (QED) is 0.909. The molecule has 3 rings (SSSR count). The van der Waals surface area contributed by atoms with Crippen molar-refractivity contribution >= 4 is 16.9 Å². The van der Waals surface area contributed by atoms with E-state index in [2.05, 4.69) is 35.6 Å². The van der Waals surface area contributed by atoms with Crippen molar-refractivity contribution in [2.24, 2.45) is 5.73 Å². The normalized spacial score (nSPS) is 16.2. The number of benzene rings is 1. The summed E-state index contributed by atoms with van der Waals surface area (Å²) in [5, 5.41) is 10.3. The van der Waals surface area contributed by atoms with Gasteiger partial charge in [-0.1, -0.05) is 6.92 Å². The minimum absolute atomic E-state index is 0.758. The molecule has 118 valence electrons. The lowest BCUT2D eigenvalue weighted by Gasteiger charge is -2.09. The van der Waals surface area contributed by atoms with Gasteiger partial charge in [-0.05, 0) is 43.7 Å². The lowest BCUT2D eigenvalue weighted by Crippen LogP contribution is -2.21. The number of nitrogens with zero attached hydrogens (tertiary/aromatic N) is 2. The van der Waals surface area contributed by atoms with Crippen LogP contribution in [0.3, 0.4) is 0 Å². The Morgan fingerprint density at radius 2 is 2.00 bits per heavy atom. The van der Waals surface area contributed by atoms with Crippen molar-refractivity contribution < 1.29 is 9.90 Å². The maximum atomic E-state index is 11.4. The Bertz CT molecular complexity index is 748. The Hall–Kier alpha value is -1.85. The first-order chi connectivity index (χ1) is 10.4. The average molecular weight is 301 g/mol. The van der Waals surface area contributed by atoms with E-state index >= 15 is 0 Å². The summed E-state index contributed by atoms with van der Waals surface area (Å²) in [5.41, 5.74) is 11.4. The third-order valence-corrected chi connectivity index (χ3v) is 4.60. The van der Waals surface area contributed by atoms with Crippen molar-refractivity contribution in [3.05, 3.63) is 34.5 Å². The Balaban J connectivity index is 2.28. The minimum Gasteiger partial charge on any atom is -0.480 e. The van der Waals surface area contributed by atoms with Crippen molar-refractivity contribution in [3.8, 4) is 0 Å². The smallest absolute Gasteiger partial charge is 0.325 e. The second-order valence-corrected chi connectivity index (χ2v) is 6.28. The highest BCUT2D eigenvalue weighted by molar-refractivity contribution is 5.92. The van der Waals surface area contributed by atoms with Gasteiger partial charge in [0.2, 0.25) is 0 Å². The van der Waals surface area contributed by atoms with Crippen LogP contribution in [0.1, 0.15) is 41.8 Å². The molecule has 1 unspecified atom stereocenters. The van der Waals surface area contributed by atoms with Crippen LogP contribution in [0, 0.1) is 6.92 Å². The van der Waals surface area contributed by atoms with Crippen LogP contribution >= 0.6 is 0 Å². The molecule has 2 heterocycles. The van der Waals surface area contributed by atoms with Crippen LogP contribution in [0.15, 0.2) is 12.1 Å². The number of hydrogen-bond acceptors (Lipinski definition) is 3. The zero-order valence-corrected chi connectivity index (χ0v) is 13.4. The Labute approximate surface area is 130 Å². The van der Waals surface area contributed by atoms with Crippen LogP contribution in [-0.2, 0) is 24.4 Å². The average Bonchev–Trinajstić information content (AvgIpc) is 2.93. The molecule has 0 aliphatic carbocycles. The van der Waals surface area contributed by atoms with E-state index in [1.165, 1.54) is 11.1 Å². The largest absolute Gasteiger partial charge is 0.480 e. The summed E-state index contributed by atoms with van der Waals surface area (Å²) in [6.45, 7) is 6.84. The van der Waals surface area contributed by atoms with E-state index in [0.717, 1.165) is 48.2 Å². The fourth-order valence-corrected chi connectivity index (χ4v) is 3.60. The standard InChI is InChI=1S/C17H23N3O2/c1-4-5-20-10(2)15(16(18)17(21)22)13-6-11-8-19(3)9-12(11)7-14(13)20/h6-7,16H,4-5,8-9,18H2,1-3H3,(H,21,22). The number of aryl methyl sites for hydroxylation is 1. The van der Waals surface area contributed by atoms with Crippen molar-refractivity contribution in [2.75, 3.05) is 7.05 Å². The number of nitrogens with two attached hydrogens (primary N) is 1. The number of rotatable bonds is 4. The lowest BCUT2D eigenvalue weighted by atomic mass is 10.0. The predicted octanol–water partition coefficient (Wildman–Crippen LogP) is 2.39. The van der Waals surface area contributed by atoms with Crippen molar-refractivity contribution in [3.63, 3.8) is 0 Å². The van der Waals surface area contributed by atoms with Gasteiger partial charge in [0.25, 0.3) is 0 Å². The highest BCUT2D eigenvalue weighted by atomic mass is 16.4. The summed E-state index contributed by atoms with van der Waals surface area (Å²) in [5.74, 6) is -0.976. The van der Waals surface area contributed by atoms with E-state index < -0.39 is 12.0 Å². The van der Waals surface area contributed by atoms with Gasteiger partial charge in [-0.25, -0.2) is 0 Å². The lowest BCUT2D eigenvalue weighted by molar-refractivity contribution is -0.138. The maximum Gasteiger partial charge on any atom is 0.325 e. The molecule has 0 fully saturated rings. The van der Waals surface area contributed by atoms with Gasteiger partial charge in [0.05, 0.1) is 0 Å². The van der Waals surface area contributed by atoms with Gasteiger partial charge in [-0.3, -0.25) is 9.69 Å². The van der Waals surface area contributed by atoms with Crippen LogP contribution in [-0.4, -0.2) is 27.6 Å². The number of aliphatic carboxylic acids is 1. The Morgan fingerprint density at radius 3 is 2.59 bits per heavy atom. The molecule has 1 aliphatic heterocycles. The number of fused-ring (bicyclic) bond motifs is 2. The van der Waals surface area contributed by atoms with Crippen molar-refractivity contribution in [2.45, 2.75) is 45.9 Å². The number of carboxylic acid groups (broad SMARTS) is 1. The number of aromatic nitrogens is 1. The van der Waals surface area contributed by atoms with Crippen LogP contribution in [0.25, 0.3) is 10.9 Å². The summed E-state index contributed by atoms with van der Waals surface area (Å²) in [6, 6.07) is 3.39. The van der Waals surface area contributed by atoms with Gasteiger partial charge in [-0.15, -0.1) is 0 Å². The fraction of sp³-hybridized carbons (Fsp3) is 0.471. The summed E-state index contributed by atoms with van der Waals surface area (Å²) >= 11 is 0. The highest BCUT2D eigenvalue weighted by Crippen LogP contribution is 2.35. The molecule has 1 aromatic heterocycles. The first kappa shape index (κ1) is 15.1. The molecule has 22 heavy (non-hydrogen) atoms. The van der Waals surface area contributed by atoms with Crippen LogP contribution in [0.2, 0.25) is 0 Å². The van der Waals surface area contributed by atoms with E-state index in [-0.39, 0.29) is 0 Å². The SMILES string of the molecule is CCCn1c(C)c(C(N)C(=O)O)c2cc3c(cc21)CN(C)C3. The van der Waals surface area contributed by atoms with E-state index in [1.54, 1.807) is 0 Å². The van der Waals surface area contributed by atoms with E-state index in [4.69, 9.17) is 5.73 Å². The molecular formula is C17H23N3O2. The van der Waals surface area contributed by atoms with Gasteiger partial charge >= 0.3 is 5.97 Å². The van der Waals surface area contributed by atoms with Gasteiger partial charge in [0, 0.05) is 41.8 Å². The Morgan fingerprint density at radius 1 is 1.36 bits per heavy atom. The first-order valence-electron chi connectivity index (χ1n) is 7.75. The number of carboxylic acids is 1. The summed E-state index contributed by atoms with van der Waals surface area (Å²) < 4.78 is 2.21. The molecule has 5 nitrogen and oxygen atoms in total. The fourth-order valence-electron chi connectivity index (χ4n) is 3.60. The monoisotopic (exact) mass is 301 g/mol. The van der Waals surface area contributed by atoms with E-state index in [1.807, 2.05) is 6.92 Å².